The molecule has 1 aromatic heterocycles. The van der Waals surface area contributed by atoms with Gasteiger partial charge in [-0.15, -0.1) is 22.0 Å². The highest BCUT2D eigenvalue weighted by molar-refractivity contribution is 8.01. The van der Waals surface area contributed by atoms with E-state index in [9.17, 15) is 19.5 Å². The van der Waals surface area contributed by atoms with Crippen LogP contribution in [0.1, 0.15) is 18.1 Å². The number of carbonyl (C=O) groups is 3. The predicted molar refractivity (Wildman–Crippen MR) is 115 cm³/mol. The molecule has 1 unspecified atom stereocenters. The Kier molecular flexibility index (Phi) is 6.48. The van der Waals surface area contributed by atoms with Crippen LogP contribution in [0.4, 0.5) is 0 Å². The summed E-state index contributed by atoms with van der Waals surface area (Å²) in [5.74, 6) is -1.95. The van der Waals surface area contributed by atoms with Crippen LogP contribution in [0.5, 0.6) is 0 Å². The molecule has 4 rings (SSSR count). The van der Waals surface area contributed by atoms with Crippen LogP contribution in [-0.2, 0) is 32.1 Å². The van der Waals surface area contributed by atoms with Gasteiger partial charge in [0.25, 0.3) is 5.91 Å². The van der Waals surface area contributed by atoms with Gasteiger partial charge < -0.3 is 15.6 Å². The van der Waals surface area contributed by atoms with Crippen molar-refractivity contribution in [3.05, 3.63) is 46.7 Å². The fraction of sp³-hybridized carbons (Fsp3) is 0.368. The molecule has 32 heavy (non-hydrogen) atoms. The first-order chi connectivity index (χ1) is 15.4. The molecule has 0 spiro atoms. The number of thioether (sulfide) groups is 2. The molecule has 1 saturated heterocycles. The van der Waals surface area contributed by atoms with E-state index in [4.69, 9.17) is 10.5 Å². The zero-order valence-electron chi connectivity index (χ0n) is 16.9. The Morgan fingerprint density at radius 3 is 2.81 bits per heavy atom. The van der Waals surface area contributed by atoms with E-state index >= 15 is 0 Å². The maximum atomic E-state index is 12.8. The molecule has 1 aromatic carbocycles. The number of fused-ring (bicyclic) bond motifs is 1. The zero-order chi connectivity index (χ0) is 22.8. The molecule has 4 N–H and O–H groups in total. The molecular weight excluding hydrogens is 456 g/mol. The second-order valence-corrected chi connectivity index (χ2v) is 9.52. The topological polar surface area (TPSA) is 164 Å². The number of nitrogens with two attached hydrogens (primary N) is 1. The monoisotopic (exact) mass is 476 g/mol. The summed E-state index contributed by atoms with van der Waals surface area (Å²) in [5, 5.41) is 22.9. The molecule has 168 valence electrons. The lowest BCUT2D eigenvalue weighted by atomic mass is 10.0. The van der Waals surface area contributed by atoms with Gasteiger partial charge >= 0.3 is 11.9 Å². The van der Waals surface area contributed by atoms with Crippen LogP contribution in [-0.4, -0.2) is 71.0 Å². The summed E-state index contributed by atoms with van der Waals surface area (Å²) < 4.78 is 5.44. The summed E-state index contributed by atoms with van der Waals surface area (Å²) in [7, 11) is 0. The van der Waals surface area contributed by atoms with Crippen LogP contribution in [0.2, 0.25) is 0 Å². The molecule has 0 radical (unpaired) electrons. The minimum atomic E-state index is -1.21. The van der Waals surface area contributed by atoms with Crippen molar-refractivity contribution in [2.45, 2.75) is 41.8 Å². The number of hydrogen-bond acceptors (Lipinski definition) is 10. The normalized spacial score (nSPS) is 21.1. The Balaban J connectivity index is 1.47. The second-order valence-electron chi connectivity index (χ2n) is 7.10. The number of benzene rings is 1. The first kappa shape index (κ1) is 22.3. The van der Waals surface area contributed by atoms with Crippen molar-refractivity contribution in [3.8, 4) is 0 Å². The Morgan fingerprint density at radius 1 is 1.41 bits per heavy atom. The summed E-state index contributed by atoms with van der Waals surface area (Å²) in [5.41, 5.74) is 7.76. The van der Waals surface area contributed by atoms with Crippen molar-refractivity contribution in [2.75, 3.05) is 5.75 Å². The Labute approximate surface area is 191 Å². The number of aromatic amines is 1. The minimum absolute atomic E-state index is 0.0141. The number of nitrogens with one attached hydrogen (secondary N) is 1. The van der Waals surface area contributed by atoms with Crippen LogP contribution in [0.3, 0.4) is 0 Å². The first-order valence-corrected chi connectivity index (χ1v) is 11.6. The van der Waals surface area contributed by atoms with Crippen LogP contribution in [0, 0.1) is 0 Å². The molecule has 2 aliphatic heterocycles. The molecule has 11 nitrogen and oxygen atoms in total. The molecule has 0 aliphatic carbocycles. The quantitative estimate of drug-likeness (QED) is 0.277. The number of β-lactam (4-membered cyclic amide) rings is 1. The number of rotatable bonds is 8. The lowest BCUT2D eigenvalue weighted by Crippen LogP contribution is -2.66. The third-order valence-corrected chi connectivity index (χ3v) is 7.48. The number of hydrogen-bond donors (Lipinski definition) is 3. The highest BCUT2D eigenvalue weighted by Gasteiger charge is 2.56. The Morgan fingerprint density at radius 2 is 2.16 bits per heavy atom. The third-order valence-electron chi connectivity index (χ3n) is 5.18. The summed E-state index contributed by atoms with van der Waals surface area (Å²) in [6.07, 6.45) is -1.03. The molecule has 3 atom stereocenters. The average Bonchev–Trinajstić information content (AvgIpc) is 3.29. The van der Waals surface area contributed by atoms with Gasteiger partial charge in [0, 0.05) is 17.5 Å². The van der Waals surface area contributed by atoms with Crippen molar-refractivity contribution in [3.63, 3.8) is 0 Å². The number of aliphatic carboxylic acids is 1. The van der Waals surface area contributed by atoms with E-state index in [0.717, 1.165) is 11.1 Å². The summed E-state index contributed by atoms with van der Waals surface area (Å²) in [6.45, 7) is 2.10. The minimum Gasteiger partial charge on any atom is -0.477 e. The molecule has 1 amide bonds. The zero-order valence-corrected chi connectivity index (χ0v) is 18.6. The first-order valence-electron chi connectivity index (χ1n) is 9.68. The van der Waals surface area contributed by atoms with Crippen molar-refractivity contribution in [2.24, 2.45) is 5.73 Å². The van der Waals surface area contributed by atoms with Crippen LogP contribution >= 0.6 is 23.5 Å². The summed E-state index contributed by atoms with van der Waals surface area (Å²) in [6, 6.07) is 7.25. The molecular formula is C19H20N6O5S2. The van der Waals surface area contributed by atoms with E-state index in [1.807, 2.05) is 19.1 Å². The number of carbonyl (C=O) groups excluding carboxylic acids is 2. The molecule has 13 heteroatoms. The summed E-state index contributed by atoms with van der Waals surface area (Å²) >= 11 is 2.60. The lowest BCUT2D eigenvalue weighted by molar-refractivity contribution is -0.174. The van der Waals surface area contributed by atoms with Crippen molar-refractivity contribution < 1.29 is 24.2 Å². The van der Waals surface area contributed by atoms with E-state index in [-0.39, 0.29) is 23.9 Å². The maximum absolute atomic E-state index is 12.8. The standard InChI is InChI=1S/C19H20N6O5S2/c1-9(32-19-21-23-24-22-19)12-8-31-17-15(16(27)25(17)14(12)18(28)29)30-13(26)6-10-4-2-3-5-11(10)7-20/h2-5,9,15,17H,6-8,20H2,1H3,(H,28,29)(H,21,22,23,24)/t9?,15-,17+/m1/s1. The number of aromatic nitrogens is 4. The fourth-order valence-corrected chi connectivity index (χ4v) is 5.98. The number of ether oxygens (including phenoxy) is 1. The van der Waals surface area contributed by atoms with Crippen LogP contribution in [0.15, 0.2) is 40.7 Å². The number of nitrogens with zero attached hydrogens (tertiary/aromatic N) is 4. The van der Waals surface area contributed by atoms with Gasteiger partial charge in [0.05, 0.1) is 6.42 Å². The highest BCUT2D eigenvalue weighted by Crippen LogP contribution is 2.44. The molecule has 3 heterocycles. The highest BCUT2D eigenvalue weighted by atomic mass is 32.2. The van der Waals surface area contributed by atoms with E-state index in [1.54, 1.807) is 12.1 Å². The van der Waals surface area contributed by atoms with Crippen molar-refractivity contribution in [1.29, 1.82) is 0 Å². The van der Waals surface area contributed by atoms with Crippen LogP contribution in [0.25, 0.3) is 0 Å². The van der Waals surface area contributed by atoms with Gasteiger partial charge in [-0.3, -0.25) is 14.5 Å². The van der Waals surface area contributed by atoms with Gasteiger partial charge in [0.2, 0.25) is 11.3 Å². The van der Waals surface area contributed by atoms with Crippen LogP contribution < -0.4 is 5.73 Å². The number of H-pyrrole nitrogens is 1. The maximum Gasteiger partial charge on any atom is 0.352 e. The smallest absolute Gasteiger partial charge is 0.352 e. The van der Waals surface area contributed by atoms with Crippen molar-refractivity contribution >= 4 is 41.4 Å². The van der Waals surface area contributed by atoms with Gasteiger partial charge in [-0.2, -0.15) is 5.21 Å². The Hall–Kier alpha value is -2.90. The molecule has 0 bridgehead atoms. The Bertz CT molecular complexity index is 1080. The SMILES string of the molecule is CC(Sc1nn[nH]n1)C1=C(C(=O)O)N2C(=O)[C@@H](OC(=O)Cc3ccccc3CN)[C@@H]2SC1. The molecule has 1 fully saturated rings. The molecule has 2 aliphatic rings. The third kappa shape index (κ3) is 4.23. The lowest BCUT2D eigenvalue weighted by Gasteiger charge is -2.48. The number of carboxylic acid groups (broad SMARTS) is 1. The number of carboxylic acids is 1. The van der Waals surface area contributed by atoms with Gasteiger partial charge in [0.15, 0.2) is 0 Å². The summed E-state index contributed by atoms with van der Waals surface area (Å²) in [4.78, 5) is 38.5. The van der Waals surface area contributed by atoms with Gasteiger partial charge in [-0.05, 0) is 28.8 Å². The van der Waals surface area contributed by atoms with E-state index < -0.39 is 29.3 Å². The second kappa shape index (κ2) is 9.30. The van der Waals surface area contributed by atoms with Gasteiger partial charge in [-0.25, -0.2) is 4.79 Å². The number of amides is 1. The van der Waals surface area contributed by atoms with E-state index in [0.29, 0.717) is 16.5 Å². The largest absolute Gasteiger partial charge is 0.477 e. The number of tetrazole rings is 1. The molecule has 0 saturated carbocycles. The average molecular weight is 477 g/mol. The van der Waals surface area contributed by atoms with E-state index in [1.165, 1.54) is 28.4 Å². The van der Waals surface area contributed by atoms with E-state index in [2.05, 4.69) is 20.6 Å². The van der Waals surface area contributed by atoms with Gasteiger partial charge in [-0.1, -0.05) is 36.0 Å². The van der Waals surface area contributed by atoms with Gasteiger partial charge in [0.1, 0.15) is 11.1 Å². The fourth-order valence-electron chi connectivity index (χ4n) is 3.59. The molecule has 2 aromatic rings. The number of esters is 1. The van der Waals surface area contributed by atoms with Crippen molar-refractivity contribution in [1.82, 2.24) is 25.5 Å². The predicted octanol–water partition coefficient (Wildman–Crippen LogP) is 0.547.